The molecule has 0 aromatic rings. The molecule has 13 nitrogen and oxygen atoms in total. The molecule has 2 atom stereocenters. The number of hydrogen-bond donors (Lipinski definition) is 0. The van der Waals surface area contributed by atoms with E-state index < -0.39 is 41.0 Å². The number of rotatable bonds is 23. The molecular formula is C25H50O13Si2. The van der Waals surface area contributed by atoms with Gasteiger partial charge in [0.15, 0.2) is 11.5 Å². The Kier molecular flexibility index (Phi) is 24.5. The lowest BCUT2D eigenvalue weighted by molar-refractivity contribution is -0.145. The van der Waals surface area contributed by atoms with Gasteiger partial charge in [-0.3, -0.25) is 0 Å². The van der Waals surface area contributed by atoms with Gasteiger partial charge in [-0.25, -0.2) is 9.59 Å². The average molecular weight is 615 g/mol. The van der Waals surface area contributed by atoms with Gasteiger partial charge in [0.05, 0.1) is 39.6 Å². The number of esters is 2. The molecule has 0 N–H and O–H groups in total. The summed E-state index contributed by atoms with van der Waals surface area (Å²) >= 11 is 0. The van der Waals surface area contributed by atoms with Crippen LogP contribution >= 0.6 is 0 Å². The maximum Gasteiger partial charge on any atom is 0.544 e. The molecule has 0 saturated heterocycles. The van der Waals surface area contributed by atoms with Gasteiger partial charge in [0.1, 0.15) is 0 Å². The van der Waals surface area contributed by atoms with Crippen LogP contribution in [0.2, 0.25) is 0 Å². The van der Waals surface area contributed by atoms with Gasteiger partial charge in [-0.2, -0.15) is 0 Å². The molecule has 0 aliphatic rings. The predicted molar refractivity (Wildman–Crippen MR) is 151 cm³/mol. The summed E-state index contributed by atoms with van der Waals surface area (Å²) in [6.45, 7) is 14.1. The molecule has 0 aromatic heterocycles. The van der Waals surface area contributed by atoms with Crippen molar-refractivity contribution in [2.75, 3.05) is 82.3 Å². The topological polar surface area (TPSA) is 136 Å². The first kappa shape index (κ1) is 40.6. The van der Waals surface area contributed by atoms with Crippen molar-refractivity contribution in [1.29, 1.82) is 0 Å². The minimum absolute atomic E-state index is 0.254. The minimum atomic E-state index is -3.37. The molecule has 0 aromatic carbocycles. The summed E-state index contributed by atoms with van der Waals surface area (Å²) in [6.07, 6.45) is 2.13. The van der Waals surface area contributed by atoms with Crippen LogP contribution in [0.5, 0.6) is 0 Å². The van der Waals surface area contributed by atoms with E-state index in [1.54, 1.807) is 28.3 Å². The number of hydrogen-bond acceptors (Lipinski definition) is 13. The summed E-state index contributed by atoms with van der Waals surface area (Å²) in [6, 6.07) is 0. The molecule has 0 aliphatic heterocycles. The van der Waals surface area contributed by atoms with Crippen molar-refractivity contribution in [3.8, 4) is 0 Å². The van der Waals surface area contributed by atoms with Gasteiger partial charge in [0.2, 0.25) is 0 Å². The van der Waals surface area contributed by atoms with Crippen LogP contribution in [-0.2, 0) is 59.8 Å². The van der Waals surface area contributed by atoms with Gasteiger partial charge >= 0.3 is 29.5 Å². The van der Waals surface area contributed by atoms with Crippen LogP contribution in [0.4, 0.5) is 0 Å². The van der Waals surface area contributed by atoms with Gasteiger partial charge in [0, 0.05) is 54.3 Å². The SMILES string of the molecule is C=C(C)C(=O)OC(CC)[Si](OCCOC)(OCCOC)OCCOC.C=CC(=O)OC(CC)[Si](OC)(OC)OC. The molecule has 0 bridgehead atoms. The Morgan fingerprint density at radius 2 is 1.05 bits per heavy atom. The van der Waals surface area contributed by atoms with Crippen molar-refractivity contribution in [3.63, 3.8) is 0 Å². The standard InChI is InChI=1S/C16H32O8Si.C9H18O5Si/c1-7-15(24-16(17)14(2)3)25(21-11-8-18-4,22-12-9-19-5)23-13-10-20-6;1-6-8(10)14-9(7-2)15(11-3,12-4)13-5/h15H,2,7-13H2,1,3-6H3;6,9H,1,7H2,2-5H3. The molecule has 0 amide bonds. The van der Waals surface area contributed by atoms with Crippen molar-refractivity contribution in [2.45, 2.75) is 45.1 Å². The van der Waals surface area contributed by atoms with Gasteiger partial charge in [0.25, 0.3) is 0 Å². The lowest BCUT2D eigenvalue weighted by atomic mass is 10.4. The Bertz CT molecular complexity index is 669. The first-order chi connectivity index (χ1) is 19.1. The molecule has 0 radical (unpaired) electrons. The molecule has 2 unspecified atom stereocenters. The monoisotopic (exact) mass is 614 g/mol. The van der Waals surface area contributed by atoms with Gasteiger partial charge in [-0.05, 0) is 19.8 Å². The van der Waals surface area contributed by atoms with Gasteiger partial charge in [-0.15, -0.1) is 0 Å². The van der Waals surface area contributed by atoms with Crippen molar-refractivity contribution in [1.82, 2.24) is 0 Å². The molecule has 0 aliphatic carbocycles. The first-order valence-corrected chi connectivity index (χ1v) is 16.4. The molecule has 15 heteroatoms. The Morgan fingerprint density at radius 1 is 0.675 bits per heavy atom. The van der Waals surface area contributed by atoms with Crippen molar-refractivity contribution in [2.24, 2.45) is 0 Å². The maximum absolute atomic E-state index is 12.0. The van der Waals surface area contributed by atoms with Gasteiger partial charge in [-0.1, -0.05) is 27.0 Å². The number of methoxy groups -OCH3 is 3. The minimum Gasteiger partial charge on any atom is -0.455 e. The second kappa shape index (κ2) is 24.1. The molecule has 0 heterocycles. The van der Waals surface area contributed by atoms with E-state index in [1.165, 1.54) is 21.3 Å². The third-order valence-electron chi connectivity index (χ3n) is 5.18. The fourth-order valence-corrected chi connectivity index (χ4v) is 7.79. The molecule has 0 saturated carbocycles. The van der Waals surface area contributed by atoms with Crippen molar-refractivity contribution in [3.05, 3.63) is 24.8 Å². The molecule has 0 spiro atoms. The fourth-order valence-electron chi connectivity index (χ4n) is 3.08. The largest absolute Gasteiger partial charge is 0.544 e. The highest BCUT2D eigenvalue weighted by atomic mass is 28.4. The zero-order valence-electron chi connectivity index (χ0n) is 25.6. The second-order valence-corrected chi connectivity index (χ2v) is 13.8. The second-order valence-electron chi connectivity index (χ2n) is 7.96. The summed E-state index contributed by atoms with van der Waals surface area (Å²) in [5, 5.41) is 0. The lowest BCUT2D eigenvalue weighted by Gasteiger charge is -2.34. The van der Waals surface area contributed by atoms with Crippen LogP contribution in [-0.4, -0.2) is 123 Å². The molecule has 236 valence electrons. The van der Waals surface area contributed by atoms with E-state index >= 15 is 0 Å². The number of ether oxygens (including phenoxy) is 5. The van der Waals surface area contributed by atoms with Crippen LogP contribution in [0, 0.1) is 0 Å². The zero-order valence-corrected chi connectivity index (χ0v) is 27.6. The Balaban J connectivity index is 0. The third kappa shape index (κ3) is 14.9. The molecular weight excluding hydrogens is 564 g/mol. The fraction of sp³-hybridized carbons (Fsp3) is 0.760. The van der Waals surface area contributed by atoms with E-state index in [-0.39, 0.29) is 19.8 Å². The van der Waals surface area contributed by atoms with E-state index in [4.69, 9.17) is 50.2 Å². The number of carbonyl (C=O) groups is 2. The highest BCUT2D eigenvalue weighted by molar-refractivity contribution is 6.62. The van der Waals surface area contributed by atoms with Crippen LogP contribution in [0.3, 0.4) is 0 Å². The van der Waals surface area contributed by atoms with Crippen LogP contribution in [0.1, 0.15) is 33.6 Å². The number of carbonyl (C=O) groups excluding carboxylic acids is 2. The van der Waals surface area contributed by atoms with Crippen LogP contribution in [0.15, 0.2) is 24.8 Å². The normalized spacial score (nSPS) is 13.0. The Hall–Kier alpha value is -1.51. The maximum atomic E-state index is 12.0. The third-order valence-corrected chi connectivity index (χ3v) is 11.3. The van der Waals surface area contributed by atoms with Gasteiger partial charge < -0.3 is 50.2 Å². The quantitative estimate of drug-likeness (QED) is 0.0721. The summed E-state index contributed by atoms with van der Waals surface area (Å²) in [5.41, 5.74) is -0.878. The highest BCUT2D eigenvalue weighted by Crippen LogP contribution is 2.22. The lowest BCUT2D eigenvalue weighted by Crippen LogP contribution is -2.59. The molecule has 40 heavy (non-hydrogen) atoms. The van der Waals surface area contributed by atoms with E-state index in [0.717, 1.165) is 6.08 Å². The van der Waals surface area contributed by atoms with Crippen molar-refractivity contribution >= 4 is 29.5 Å². The van der Waals surface area contributed by atoms with Crippen molar-refractivity contribution < 1.29 is 59.8 Å². The molecule has 0 rings (SSSR count). The summed E-state index contributed by atoms with van der Waals surface area (Å²) < 4.78 is 59.3. The highest BCUT2D eigenvalue weighted by Gasteiger charge is 2.52. The van der Waals surface area contributed by atoms with Crippen LogP contribution in [0.25, 0.3) is 0 Å². The smallest absolute Gasteiger partial charge is 0.455 e. The molecule has 0 fully saturated rings. The Labute approximate surface area is 241 Å². The zero-order chi connectivity index (χ0) is 31.0. The Morgan fingerprint density at radius 3 is 1.32 bits per heavy atom. The van der Waals surface area contributed by atoms with E-state index in [9.17, 15) is 9.59 Å². The average Bonchev–Trinajstić information content (AvgIpc) is 2.96. The summed E-state index contributed by atoms with van der Waals surface area (Å²) in [7, 11) is 2.86. The van der Waals surface area contributed by atoms with E-state index in [2.05, 4.69) is 13.2 Å². The predicted octanol–water partition coefficient (Wildman–Crippen LogP) is 2.26. The van der Waals surface area contributed by atoms with E-state index in [1.807, 2.05) is 13.8 Å². The summed E-state index contributed by atoms with van der Waals surface area (Å²) in [4.78, 5) is 23.1. The van der Waals surface area contributed by atoms with Crippen LogP contribution < -0.4 is 0 Å². The van der Waals surface area contributed by atoms with E-state index in [0.29, 0.717) is 38.2 Å². The first-order valence-electron chi connectivity index (χ1n) is 12.8. The summed E-state index contributed by atoms with van der Waals surface area (Å²) in [5.74, 6) is -1.02.